The molecule has 0 N–H and O–H groups in total. The van der Waals surface area contributed by atoms with Crippen molar-refractivity contribution in [1.29, 1.82) is 0 Å². The van der Waals surface area contributed by atoms with Crippen LogP contribution in [0.5, 0.6) is 0 Å². The van der Waals surface area contributed by atoms with Crippen LogP contribution in [-0.2, 0) is 56.5 Å². The fourth-order valence-electron chi connectivity index (χ4n) is 0.135. The van der Waals surface area contributed by atoms with Gasteiger partial charge in [0.1, 0.15) is 0 Å². The average Bonchev–Trinajstić information content (AvgIpc) is 1.89. The van der Waals surface area contributed by atoms with Crippen LogP contribution in [0.1, 0.15) is 6.92 Å². The molecule has 0 aliphatic rings. The van der Waals surface area contributed by atoms with Crippen molar-refractivity contribution < 1.29 is 0 Å². The van der Waals surface area contributed by atoms with Crippen molar-refractivity contribution >= 4 is 62.6 Å². The van der Waals surface area contributed by atoms with Crippen molar-refractivity contribution in [2.24, 2.45) is 0 Å². The Bertz CT molecular complexity index is 251. The molecule has 0 radical (unpaired) electrons. The monoisotopic (exact) mass is 232 g/mol. The van der Waals surface area contributed by atoms with E-state index in [4.69, 9.17) is 0 Å². The summed E-state index contributed by atoms with van der Waals surface area (Å²) in [4.78, 5) is 0. The van der Waals surface area contributed by atoms with E-state index in [2.05, 4.69) is 24.3 Å². The second kappa shape index (κ2) is 9.38. The van der Waals surface area contributed by atoms with Crippen LogP contribution < -0.4 is 0 Å². The van der Waals surface area contributed by atoms with E-state index >= 15 is 0 Å². The zero-order chi connectivity index (χ0) is 6.95. The van der Waals surface area contributed by atoms with Crippen molar-refractivity contribution in [3.05, 3.63) is 0 Å². The molecule has 0 nitrogen and oxygen atoms in total. The molecule has 0 aliphatic carbocycles. The standard InChI is InChI=1S/C2H5BS6/c1-2-3-5-7-9-8-6-4/h2H2,1H3. The van der Waals surface area contributed by atoms with E-state index in [9.17, 15) is 0 Å². The molecular formula is C2H5BS6. The van der Waals surface area contributed by atoms with E-state index in [1.54, 1.807) is 36.4 Å². The molecule has 0 rings (SSSR count). The van der Waals surface area contributed by atoms with Crippen molar-refractivity contribution in [2.45, 2.75) is 13.2 Å². The fraction of sp³-hybridized carbons (Fsp3) is 1.00. The summed E-state index contributed by atoms with van der Waals surface area (Å²) >= 11 is 4.66. The van der Waals surface area contributed by atoms with Gasteiger partial charge in [0.15, 0.2) is 0 Å². The molecule has 0 amide bonds. The molecule has 9 heavy (non-hydrogen) atoms. The van der Waals surface area contributed by atoms with Crippen molar-refractivity contribution in [1.82, 2.24) is 0 Å². The third-order valence-corrected chi connectivity index (χ3v) is 8.92. The van der Waals surface area contributed by atoms with Crippen LogP contribution in [0.3, 0.4) is 0 Å². The van der Waals surface area contributed by atoms with Crippen molar-refractivity contribution in [3.63, 3.8) is 0 Å². The van der Waals surface area contributed by atoms with Gasteiger partial charge in [0.25, 0.3) is 0 Å². The number of hydrogen-bond acceptors (Lipinski definition) is 1. The van der Waals surface area contributed by atoms with E-state index in [1.165, 1.54) is 8.88 Å². The molecule has 7 heteroatoms. The number of rotatable bonds is 1. The molecule has 0 bridgehead atoms. The van der Waals surface area contributed by atoms with Crippen LogP contribution in [0.4, 0.5) is 0 Å². The molecule has 0 saturated heterocycles. The Morgan fingerprint density at radius 2 is 2.11 bits per heavy atom. The van der Waals surface area contributed by atoms with Gasteiger partial charge in [-0.1, -0.05) is 0 Å². The zero-order valence-corrected chi connectivity index (χ0v) is 9.63. The summed E-state index contributed by atoms with van der Waals surface area (Å²) in [5.41, 5.74) is 0. The van der Waals surface area contributed by atoms with Gasteiger partial charge in [0.05, 0.1) is 0 Å². The SMILES string of the molecule is CCB=S=S=S=S=S=S. The molecule has 0 saturated carbocycles. The van der Waals surface area contributed by atoms with Crippen molar-refractivity contribution in [3.8, 4) is 0 Å². The van der Waals surface area contributed by atoms with Crippen LogP contribution in [0.15, 0.2) is 0 Å². The first kappa shape index (κ1) is 10.4. The Hall–Kier alpha value is 1.38. The maximum absolute atomic E-state index is 4.66. The molecule has 0 fully saturated rings. The molecule has 0 aromatic heterocycles. The van der Waals surface area contributed by atoms with Gasteiger partial charge in [0.2, 0.25) is 0 Å². The van der Waals surface area contributed by atoms with Crippen molar-refractivity contribution in [2.75, 3.05) is 0 Å². The molecule has 0 spiro atoms. The minimum atomic E-state index is 1.13. The Labute approximate surface area is 75.2 Å². The van der Waals surface area contributed by atoms with E-state index in [-0.39, 0.29) is 0 Å². The Kier molecular flexibility index (Phi) is 10.8. The average molecular weight is 232 g/mol. The number of hydrogen-bond donors (Lipinski definition) is 0. The molecule has 0 heterocycles. The normalized spacial score (nSPS) is 6.78. The first-order valence-corrected chi connectivity index (χ1v) is 9.32. The summed E-state index contributed by atoms with van der Waals surface area (Å²) in [6, 6.07) is 0. The third-order valence-electron chi connectivity index (χ3n) is 0.357. The van der Waals surface area contributed by atoms with E-state index in [1.807, 2.05) is 0 Å². The van der Waals surface area contributed by atoms with Crippen LogP contribution >= 0.6 is 0 Å². The Morgan fingerprint density at radius 3 is 2.67 bits per heavy atom. The molecular weight excluding hydrogens is 227 g/mol. The second-order valence-electron chi connectivity index (χ2n) is 0.943. The van der Waals surface area contributed by atoms with Gasteiger partial charge in [-0.15, -0.1) is 0 Å². The minimum absolute atomic E-state index is 1.13. The van der Waals surface area contributed by atoms with Gasteiger partial charge in [-0.25, -0.2) is 0 Å². The van der Waals surface area contributed by atoms with Gasteiger partial charge in [-0.05, 0) is 0 Å². The zero-order valence-electron chi connectivity index (χ0n) is 4.73. The fourth-order valence-corrected chi connectivity index (χ4v) is 8.17. The van der Waals surface area contributed by atoms with Gasteiger partial charge >= 0.3 is 75.9 Å². The van der Waals surface area contributed by atoms with Crippen LogP contribution in [-0.4, -0.2) is 6.15 Å². The van der Waals surface area contributed by atoms with E-state index in [0.717, 1.165) is 6.32 Å². The summed E-state index contributed by atoms with van der Waals surface area (Å²) < 4.78 is 0. The third kappa shape index (κ3) is 9.38. The quantitative estimate of drug-likeness (QED) is 0.596. The molecule has 0 aromatic carbocycles. The topological polar surface area (TPSA) is 0 Å². The first-order valence-electron chi connectivity index (χ1n) is 2.18. The molecule has 52 valence electrons. The Morgan fingerprint density at radius 1 is 1.33 bits per heavy atom. The van der Waals surface area contributed by atoms with Crippen LogP contribution in [0, 0.1) is 0 Å². The Balaban J connectivity index is 4.49. The summed E-state index contributed by atoms with van der Waals surface area (Å²) in [6.45, 7) is 2.13. The van der Waals surface area contributed by atoms with E-state index in [0.29, 0.717) is 0 Å². The van der Waals surface area contributed by atoms with E-state index < -0.39 is 0 Å². The van der Waals surface area contributed by atoms with Crippen LogP contribution in [0.25, 0.3) is 0 Å². The second-order valence-corrected chi connectivity index (χ2v) is 9.12. The van der Waals surface area contributed by atoms with Crippen LogP contribution in [0.2, 0.25) is 6.32 Å². The van der Waals surface area contributed by atoms with Gasteiger partial charge in [-0.3, -0.25) is 0 Å². The molecule has 0 unspecified atom stereocenters. The molecule has 0 aliphatic heterocycles. The van der Waals surface area contributed by atoms with Gasteiger partial charge in [-0.2, -0.15) is 0 Å². The summed E-state index contributed by atoms with van der Waals surface area (Å²) in [5.74, 6) is 0. The molecule has 0 aromatic rings. The summed E-state index contributed by atoms with van der Waals surface area (Å²) in [7, 11) is 8.24. The first-order chi connectivity index (χ1) is 4.41. The molecule has 0 atom stereocenters. The summed E-state index contributed by atoms with van der Waals surface area (Å²) in [5, 5.41) is 0. The predicted molar refractivity (Wildman–Crippen MR) is 60.4 cm³/mol. The van der Waals surface area contributed by atoms with Gasteiger partial charge < -0.3 is 0 Å². The summed E-state index contributed by atoms with van der Waals surface area (Å²) in [6.07, 6.45) is 3.30. The maximum atomic E-state index is 4.66. The van der Waals surface area contributed by atoms with Gasteiger partial charge in [0, 0.05) is 0 Å². The predicted octanol–water partition coefficient (Wildman–Crippen LogP) is 0.579.